The molecule has 152 valence electrons. The lowest BCUT2D eigenvalue weighted by atomic mass is 10.1. The third-order valence-corrected chi connectivity index (χ3v) is 3.67. The number of hydrogen-bond donors (Lipinski definition) is 2. The first-order valence-corrected chi connectivity index (χ1v) is 9.15. The third kappa shape index (κ3) is 9.19. The van der Waals surface area contributed by atoms with E-state index in [-0.39, 0.29) is 5.91 Å². The molecule has 0 aliphatic rings. The van der Waals surface area contributed by atoms with Crippen molar-refractivity contribution in [3.8, 4) is 5.75 Å². The Morgan fingerprint density at radius 3 is 2.11 bits per heavy atom. The average molecular weight is 417 g/mol. The molecular weight excluding hydrogens is 399 g/mol. The van der Waals surface area contributed by atoms with Crippen LogP contribution in [0.1, 0.15) is 27.0 Å². The van der Waals surface area contributed by atoms with Gasteiger partial charge in [-0.2, -0.15) is 8.42 Å². The first kappa shape index (κ1) is 23.2. The number of carbonyl (C=O) groups excluding carboxylic acids is 1. The summed E-state index contributed by atoms with van der Waals surface area (Å²) in [6, 6.07) is 10.1. The monoisotopic (exact) mass is 417 g/mol. The van der Waals surface area contributed by atoms with Crippen LogP contribution in [0, 0.1) is 13.8 Å². The second-order valence-corrected chi connectivity index (χ2v) is 6.92. The normalized spacial score (nSPS) is 11.6. The fraction of sp³-hybridized carbons (Fsp3) is 0.167. The van der Waals surface area contributed by atoms with Crippen LogP contribution in [0.2, 0.25) is 0 Å². The number of benzene rings is 2. The maximum absolute atomic E-state index is 11.8. The molecule has 0 saturated heterocycles. The number of ether oxygens (including phenoxy) is 1. The minimum absolute atomic E-state index is 0.303. The van der Waals surface area contributed by atoms with Crippen molar-refractivity contribution >= 4 is 22.1 Å². The quantitative estimate of drug-likeness (QED) is 0.735. The zero-order valence-electron chi connectivity index (χ0n) is 14.9. The number of primary amides is 1. The van der Waals surface area contributed by atoms with E-state index < -0.39 is 22.2 Å². The molecular formula is C18H18F3NO5S. The van der Waals surface area contributed by atoms with Gasteiger partial charge < -0.3 is 10.5 Å². The van der Waals surface area contributed by atoms with Crippen molar-refractivity contribution in [1.82, 2.24) is 0 Å². The molecule has 0 spiro atoms. The van der Waals surface area contributed by atoms with Crippen molar-refractivity contribution in [2.45, 2.75) is 20.2 Å². The van der Waals surface area contributed by atoms with Gasteiger partial charge >= 0.3 is 6.36 Å². The standard InChI is InChI=1S/C9H7F3O4S.C9H11NO/c10-9(11,12)16-8-3-1-7(2-4-8)5-6-17(13,14)15;1-6-3-4-8(9(10)11)7(2)5-6/h1-6H,(H,13,14,15);3-5H,1-2H3,(H2,10,11)/b6-5+;. The van der Waals surface area contributed by atoms with Crippen LogP contribution in [0.4, 0.5) is 13.2 Å². The summed E-state index contributed by atoms with van der Waals surface area (Å²) < 4.78 is 68.1. The second-order valence-electron chi connectivity index (χ2n) is 5.62. The lowest BCUT2D eigenvalue weighted by Gasteiger charge is -2.08. The highest BCUT2D eigenvalue weighted by Gasteiger charge is 2.30. The van der Waals surface area contributed by atoms with Gasteiger partial charge in [-0.1, -0.05) is 29.8 Å². The minimum Gasteiger partial charge on any atom is -0.406 e. The fourth-order valence-corrected chi connectivity index (χ4v) is 2.36. The Kier molecular flexibility index (Phi) is 7.77. The predicted molar refractivity (Wildman–Crippen MR) is 98.1 cm³/mol. The minimum atomic E-state index is -4.77. The Bertz CT molecular complexity index is 952. The summed E-state index contributed by atoms with van der Waals surface area (Å²) in [4.78, 5) is 10.8. The average Bonchev–Trinajstić information content (AvgIpc) is 2.52. The van der Waals surface area contributed by atoms with Crippen LogP contribution in [0.25, 0.3) is 6.08 Å². The van der Waals surface area contributed by atoms with E-state index in [0.29, 0.717) is 16.5 Å². The highest BCUT2D eigenvalue weighted by Crippen LogP contribution is 2.23. The molecule has 1 amide bonds. The number of halogens is 3. The lowest BCUT2D eigenvalue weighted by molar-refractivity contribution is -0.274. The summed E-state index contributed by atoms with van der Waals surface area (Å²) in [6.45, 7) is 3.87. The summed E-state index contributed by atoms with van der Waals surface area (Å²) >= 11 is 0. The number of amides is 1. The van der Waals surface area contributed by atoms with E-state index >= 15 is 0 Å². The Balaban J connectivity index is 0.000000307. The highest BCUT2D eigenvalue weighted by molar-refractivity contribution is 7.88. The van der Waals surface area contributed by atoms with Crippen LogP contribution in [0.5, 0.6) is 5.75 Å². The summed E-state index contributed by atoms with van der Waals surface area (Å²) in [5, 5.41) is 0.520. The van der Waals surface area contributed by atoms with Crippen molar-refractivity contribution < 1.29 is 35.7 Å². The Hall–Kier alpha value is -2.85. The highest BCUT2D eigenvalue weighted by atomic mass is 32.2. The molecule has 28 heavy (non-hydrogen) atoms. The van der Waals surface area contributed by atoms with E-state index in [1.807, 2.05) is 26.0 Å². The Labute approximate surface area is 160 Å². The molecule has 0 unspecified atom stereocenters. The molecule has 2 aromatic rings. The largest absolute Gasteiger partial charge is 0.573 e. The van der Waals surface area contributed by atoms with Gasteiger partial charge in [0.2, 0.25) is 5.91 Å². The van der Waals surface area contributed by atoms with Gasteiger partial charge in [0, 0.05) is 5.56 Å². The topological polar surface area (TPSA) is 107 Å². The van der Waals surface area contributed by atoms with Gasteiger partial charge in [-0.25, -0.2) is 0 Å². The molecule has 0 aliphatic carbocycles. The van der Waals surface area contributed by atoms with Crippen LogP contribution in [0.15, 0.2) is 47.9 Å². The maximum atomic E-state index is 11.8. The molecule has 0 bridgehead atoms. The first-order valence-electron chi connectivity index (χ1n) is 7.65. The van der Waals surface area contributed by atoms with Gasteiger partial charge in [0.25, 0.3) is 10.1 Å². The van der Waals surface area contributed by atoms with Crippen LogP contribution < -0.4 is 10.5 Å². The van der Waals surface area contributed by atoms with Gasteiger partial charge in [0.1, 0.15) is 5.75 Å². The van der Waals surface area contributed by atoms with Crippen LogP contribution in [-0.4, -0.2) is 25.2 Å². The van der Waals surface area contributed by atoms with Gasteiger partial charge in [0.15, 0.2) is 0 Å². The molecule has 0 atom stereocenters. The van der Waals surface area contributed by atoms with E-state index in [9.17, 15) is 26.4 Å². The van der Waals surface area contributed by atoms with Crippen molar-refractivity contribution in [1.29, 1.82) is 0 Å². The molecule has 0 aromatic heterocycles. The SMILES string of the molecule is Cc1ccc(C(N)=O)c(C)c1.O=S(=O)(O)/C=C/c1ccc(OC(F)(F)F)cc1. The number of alkyl halides is 3. The van der Waals surface area contributed by atoms with E-state index in [0.717, 1.165) is 29.3 Å². The zero-order valence-corrected chi connectivity index (χ0v) is 15.7. The van der Waals surface area contributed by atoms with Crippen LogP contribution >= 0.6 is 0 Å². The Morgan fingerprint density at radius 2 is 1.68 bits per heavy atom. The van der Waals surface area contributed by atoms with Crippen LogP contribution in [0.3, 0.4) is 0 Å². The smallest absolute Gasteiger partial charge is 0.406 e. The number of carbonyl (C=O) groups is 1. The molecule has 3 N–H and O–H groups in total. The summed E-state index contributed by atoms with van der Waals surface area (Å²) in [6.07, 6.45) is -3.74. The number of nitrogens with two attached hydrogens (primary N) is 1. The maximum Gasteiger partial charge on any atom is 0.573 e. The summed E-state index contributed by atoms with van der Waals surface area (Å²) in [7, 11) is -4.25. The van der Waals surface area contributed by atoms with Crippen LogP contribution in [-0.2, 0) is 10.1 Å². The molecule has 10 heteroatoms. The summed E-state index contributed by atoms with van der Waals surface area (Å²) in [5.74, 6) is -0.774. The number of rotatable bonds is 4. The molecule has 0 fully saturated rings. The second kappa shape index (κ2) is 9.38. The molecule has 0 heterocycles. The molecule has 6 nitrogen and oxygen atoms in total. The van der Waals surface area contributed by atoms with E-state index in [1.165, 1.54) is 12.1 Å². The van der Waals surface area contributed by atoms with Gasteiger partial charge in [-0.3, -0.25) is 9.35 Å². The fourth-order valence-electron chi connectivity index (χ4n) is 2.04. The molecule has 2 rings (SSSR count). The van der Waals surface area contributed by atoms with Gasteiger partial charge in [0.05, 0.1) is 5.41 Å². The zero-order chi connectivity index (χ0) is 21.5. The van der Waals surface area contributed by atoms with Gasteiger partial charge in [-0.15, -0.1) is 13.2 Å². The van der Waals surface area contributed by atoms with E-state index in [2.05, 4.69) is 4.74 Å². The third-order valence-electron chi connectivity index (χ3n) is 3.19. The van der Waals surface area contributed by atoms with Crippen molar-refractivity contribution in [2.75, 3.05) is 0 Å². The van der Waals surface area contributed by atoms with Gasteiger partial charge in [-0.05, 0) is 49.2 Å². The van der Waals surface area contributed by atoms with Crippen molar-refractivity contribution in [2.24, 2.45) is 5.73 Å². The molecule has 2 aromatic carbocycles. The van der Waals surface area contributed by atoms with E-state index in [4.69, 9.17) is 10.3 Å². The predicted octanol–water partition coefficient (Wildman–Crippen LogP) is 3.85. The lowest BCUT2D eigenvalue weighted by Crippen LogP contribution is -2.16. The molecule has 0 saturated carbocycles. The van der Waals surface area contributed by atoms with E-state index in [1.54, 1.807) is 6.07 Å². The van der Waals surface area contributed by atoms with Crippen molar-refractivity contribution in [3.05, 3.63) is 70.1 Å². The first-order chi connectivity index (χ1) is 12.8. The summed E-state index contributed by atoms with van der Waals surface area (Å²) in [5.41, 5.74) is 8.12. The number of aryl methyl sites for hydroxylation is 2. The van der Waals surface area contributed by atoms with Crippen molar-refractivity contribution in [3.63, 3.8) is 0 Å². The number of hydrogen-bond acceptors (Lipinski definition) is 4. The molecule has 0 aliphatic heterocycles. The Morgan fingerprint density at radius 1 is 1.11 bits per heavy atom. The molecule has 0 radical (unpaired) electrons.